The number of amides is 6. The minimum atomic E-state index is -0.723. The Hall–Kier alpha value is -4.79. The molecule has 0 saturated heterocycles. The third kappa shape index (κ3) is 17.7. The number of thiophene rings is 1. The lowest BCUT2D eigenvalue weighted by atomic mass is 9.99. The smallest absolute Gasteiger partial charge is 0.318 e. The molecule has 0 bridgehead atoms. The van der Waals surface area contributed by atoms with Gasteiger partial charge in [-0.05, 0) is 72.1 Å². The third-order valence-electron chi connectivity index (χ3n) is 10.6. The van der Waals surface area contributed by atoms with Crippen molar-refractivity contribution >= 4 is 46.6 Å². The van der Waals surface area contributed by atoms with Gasteiger partial charge in [-0.3, -0.25) is 9.59 Å². The van der Waals surface area contributed by atoms with Crippen molar-refractivity contribution < 1.29 is 24.3 Å². The fraction of sp³-hybridized carbons (Fsp3) is 0.531. The van der Waals surface area contributed by atoms with Crippen molar-refractivity contribution in [2.75, 3.05) is 14.1 Å². The number of rotatable bonds is 20. The van der Waals surface area contributed by atoms with Gasteiger partial charge in [0, 0.05) is 42.9 Å². The number of carbonyl (C=O) groups is 4. The van der Waals surface area contributed by atoms with Crippen LogP contribution in [0.4, 0.5) is 9.59 Å². The van der Waals surface area contributed by atoms with E-state index in [1.54, 1.807) is 53.5 Å². The van der Waals surface area contributed by atoms with Gasteiger partial charge in [0.25, 0.3) is 0 Å². The largest absolute Gasteiger partial charge is 0.391 e. The Morgan fingerprint density at radius 1 is 0.635 bits per heavy atom. The van der Waals surface area contributed by atoms with Crippen LogP contribution in [0.3, 0.4) is 0 Å². The quantitative estimate of drug-likeness (QED) is 0.0598. The van der Waals surface area contributed by atoms with Gasteiger partial charge >= 0.3 is 12.1 Å². The highest BCUT2D eigenvalue weighted by Crippen LogP contribution is 2.24. The molecule has 14 heteroatoms. The third-order valence-corrected chi connectivity index (χ3v) is 13.1. The van der Waals surface area contributed by atoms with Gasteiger partial charge in [-0.15, -0.1) is 22.7 Å². The van der Waals surface area contributed by atoms with Gasteiger partial charge in [-0.25, -0.2) is 14.6 Å². The van der Waals surface area contributed by atoms with Crippen LogP contribution in [0.25, 0.3) is 0 Å². The SMILES string of the molecule is CC(C)c1cc(CN(C)C(=O)NC(C(=O)NC(Cc2ccccc2)C(C)O)C(C)C)cs1.CCC(Cc1ccccc1)NC(=O)C(NC(=O)N(C)Cc1csc(C(C)C)n1)C(C)C. The van der Waals surface area contributed by atoms with E-state index in [9.17, 15) is 24.3 Å². The number of carbonyl (C=O) groups excluding carboxylic acids is 4. The van der Waals surface area contributed by atoms with Crippen LogP contribution < -0.4 is 21.3 Å². The van der Waals surface area contributed by atoms with Gasteiger partial charge in [-0.1, -0.05) is 123 Å². The van der Waals surface area contributed by atoms with Crippen molar-refractivity contribution in [2.45, 2.75) is 144 Å². The first-order valence-electron chi connectivity index (χ1n) is 22.2. The number of urea groups is 2. The van der Waals surface area contributed by atoms with Gasteiger partial charge in [0.2, 0.25) is 11.8 Å². The van der Waals surface area contributed by atoms with Gasteiger partial charge in [0.1, 0.15) is 12.1 Å². The summed E-state index contributed by atoms with van der Waals surface area (Å²) < 4.78 is 0. The summed E-state index contributed by atoms with van der Waals surface area (Å²) in [7, 11) is 3.45. The molecule has 5 N–H and O–H groups in total. The van der Waals surface area contributed by atoms with E-state index in [-0.39, 0.29) is 41.8 Å². The second-order valence-electron chi connectivity index (χ2n) is 17.7. The summed E-state index contributed by atoms with van der Waals surface area (Å²) in [6, 6.07) is 19.7. The molecule has 0 aliphatic rings. The highest BCUT2D eigenvalue weighted by Gasteiger charge is 2.30. The maximum absolute atomic E-state index is 13.0. The maximum Gasteiger partial charge on any atom is 0.318 e. The van der Waals surface area contributed by atoms with Gasteiger partial charge < -0.3 is 36.2 Å². The fourth-order valence-electron chi connectivity index (χ4n) is 6.63. The van der Waals surface area contributed by atoms with Gasteiger partial charge in [0.05, 0.1) is 29.4 Å². The van der Waals surface area contributed by atoms with Crippen molar-refractivity contribution in [3.8, 4) is 0 Å². The summed E-state index contributed by atoms with van der Waals surface area (Å²) in [5.41, 5.74) is 4.16. The van der Waals surface area contributed by atoms with Crippen LogP contribution in [0.15, 0.2) is 77.5 Å². The first kappa shape index (κ1) is 52.6. The summed E-state index contributed by atoms with van der Waals surface area (Å²) in [5, 5.41) is 27.2. The van der Waals surface area contributed by atoms with Crippen LogP contribution in [0, 0.1) is 11.8 Å². The molecule has 0 aliphatic carbocycles. The van der Waals surface area contributed by atoms with E-state index < -0.39 is 24.2 Å². The number of nitrogens with one attached hydrogen (secondary N) is 4. The van der Waals surface area contributed by atoms with E-state index in [1.165, 1.54) is 10.4 Å². The molecule has 2 aromatic carbocycles. The predicted molar refractivity (Wildman–Crippen MR) is 258 cm³/mol. The number of benzene rings is 2. The van der Waals surface area contributed by atoms with Crippen molar-refractivity contribution in [1.29, 1.82) is 0 Å². The van der Waals surface area contributed by atoms with Gasteiger partial charge in [-0.2, -0.15) is 0 Å². The molecule has 12 nitrogen and oxygen atoms in total. The number of thiazole rings is 1. The Bertz CT molecular complexity index is 1980. The van der Waals surface area contributed by atoms with Crippen LogP contribution in [0.5, 0.6) is 0 Å². The zero-order valence-electron chi connectivity index (χ0n) is 39.5. The minimum Gasteiger partial charge on any atom is -0.391 e. The van der Waals surface area contributed by atoms with E-state index in [0.29, 0.717) is 31.3 Å². The topological polar surface area (TPSA) is 156 Å². The van der Waals surface area contributed by atoms with Crippen molar-refractivity contribution in [2.24, 2.45) is 11.8 Å². The summed E-state index contributed by atoms with van der Waals surface area (Å²) in [6.45, 7) is 20.8. The minimum absolute atomic E-state index is 0.0234. The number of aliphatic hydroxyl groups excluding tert-OH is 1. The normalized spacial score (nSPS) is 13.7. The maximum atomic E-state index is 13.0. The first-order chi connectivity index (χ1) is 29.8. The van der Waals surface area contributed by atoms with E-state index in [2.05, 4.69) is 84.4 Å². The molecular formula is C49H73N7O5S2. The Morgan fingerprint density at radius 3 is 1.59 bits per heavy atom. The lowest BCUT2D eigenvalue weighted by Crippen LogP contribution is -2.56. The van der Waals surface area contributed by atoms with Gasteiger partial charge in [0.15, 0.2) is 0 Å². The van der Waals surface area contributed by atoms with Crippen LogP contribution in [0.2, 0.25) is 0 Å². The van der Waals surface area contributed by atoms with Crippen LogP contribution in [-0.2, 0) is 35.5 Å². The Morgan fingerprint density at radius 2 is 1.14 bits per heavy atom. The van der Waals surface area contributed by atoms with E-state index in [0.717, 1.165) is 34.7 Å². The molecular weight excluding hydrogens is 831 g/mol. The molecule has 4 rings (SSSR count). The predicted octanol–water partition coefficient (Wildman–Crippen LogP) is 8.72. The molecule has 0 aliphatic heterocycles. The molecule has 63 heavy (non-hydrogen) atoms. The summed E-state index contributed by atoms with van der Waals surface area (Å²) in [5.74, 6) is 0.260. The Labute approximate surface area is 384 Å². The molecule has 0 fully saturated rings. The standard InChI is InChI=1S/C25H37N3O3S.C24H36N4O2S/c1-16(2)22-13-20(15-32-22)14-28(6)25(31)27-23(17(3)4)24(30)26-21(18(5)29)12-19-10-8-7-9-11-19;1-7-19(13-18-11-9-8-10-12-18)25-22(29)21(16(2)3)27-24(30)28(6)14-20-15-31-23(26-20)17(4)5/h7-11,13,15-18,21,23,29H,12,14H2,1-6H3,(H,26,30)(H,27,31);8-12,15-17,19,21H,7,13-14H2,1-6H3,(H,25,29)(H,27,30). The van der Waals surface area contributed by atoms with E-state index in [4.69, 9.17) is 0 Å². The molecule has 0 saturated carbocycles. The fourth-order valence-corrected chi connectivity index (χ4v) is 8.37. The van der Waals surface area contributed by atoms with E-state index >= 15 is 0 Å². The second-order valence-corrected chi connectivity index (χ2v) is 19.6. The zero-order valence-corrected chi connectivity index (χ0v) is 41.1. The highest BCUT2D eigenvalue weighted by atomic mass is 32.1. The molecule has 0 radical (unpaired) electrons. The Balaban J connectivity index is 0.000000335. The average molecular weight is 904 g/mol. The molecule has 346 valence electrons. The van der Waals surface area contributed by atoms with Crippen molar-refractivity contribution in [3.63, 3.8) is 0 Å². The lowest BCUT2D eigenvalue weighted by molar-refractivity contribution is -0.125. The highest BCUT2D eigenvalue weighted by molar-refractivity contribution is 7.10. The van der Waals surface area contributed by atoms with Crippen LogP contribution in [-0.4, -0.2) is 88.1 Å². The molecule has 2 heterocycles. The van der Waals surface area contributed by atoms with Crippen LogP contribution in [0.1, 0.15) is 120 Å². The number of nitrogens with zero attached hydrogens (tertiary/aromatic N) is 3. The zero-order chi connectivity index (χ0) is 46.8. The molecule has 4 aromatic rings. The summed E-state index contributed by atoms with van der Waals surface area (Å²) in [4.78, 5) is 60.6. The van der Waals surface area contributed by atoms with Crippen molar-refractivity contribution in [1.82, 2.24) is 36.1 Å². The van der Waals surface area contributed by atoms with Crippen LogP contribution >= 0.6 is 22.7 Å². The number of aliphatic hydroxyl groups is 1. The number of hydrogen-bond donors (Lipinski definition) is 5. The molecule has 2 aromatic heterocycles. The monoisotopic (exact) mass is 904 g/mol. The lowest BCUT2D eigenvalue weighted by Gasteiger charge is -2.28. The molecule has 6 amide bonds. The second kappa shape index (κ2) is 26.1. The Kier molecular flexibility index (Phi) is 21.8. The molecule has 5 atom stereocenters. The summed E-state index contributed by atoms with van der Waals surface area (Å²) in [6.07, 6.45) is 1.38. The molecule has 0 spiro atoms. The van der Waals surface area contributed by atoms with E-state index in [1.807, 2.05) is 81.6 Å². The number of aromatic nitrogens is 1. The molecule has 5 unspecified atom stereocenters. The number of hydrogen-bond acceptors (Lipinski definition) is 8. The first-order valence-corrected chi connectivity index (χ1v) is 24.0. The summed E-state index contributed by atoms with van der Waals surface area (Å²) >= 11 is 3.31. The average Bonchev–Trinajstić information content (AvgIpc) is 3.92. The van der Waals surface area contributed by atoms with Crippen molar-refractivity contribution in [3.05, 3.63) is 110 Å².